The van der Waals surface area contributed by atoms with Crippen LogP contribution >= 0.6 is 0 Å². The molecular formula is C14H23NO3. The van der Waals surface area contributed by atoms with Crippen LogP contribution in [-0.4, -0.2) is 42.4 Å². The third kappa shape index (κ3) is 4.12. The molecule has 0 radical (unpaired) electrons. The third-order valence-corrected chi connectivity index (χ3v) is 3.54. The average Bonchev–Trinajstić information content (AvgIpc) is 3.05. The Hall–Kier alpha value is -0.840. The molecule has 0 aliphatic heterocycles. The first-order valence-electron chi connectivity index (χ1n) is 6.85. The molecule has 1 N–H and O–H groups in total. The van der Waals surface area contributed by atoms with Gasteiger partial charge in [-0.2, -0.15) is 0 Å². The highest BCUT2D eigenvalue weighted by Crippen LogP contribution is 2.24. The number of rotatable bonds is 8. The lowest BCUT2D eigenvalue weighted by Crippen LogP contribution is -2.35. The smallest absolute Gasteiger partial charge is 0.117 e. The minimum absolute atomic E-state index is 0.0988. The van der Waals surface area contributed by atoms with Crippen molar-refractivity contribution >= 4 is 0 Å². The van der Waals surface area contributed by atoms with Gasteiger partial charge in [0.15, 0.2) is 0 Å². The maximum absolute atomic E-state index is 8.70. The van der Waals surface area contributed by atoms with Gasteiger partial charge in [0, 0.05) is 12.6 Å². The number of furan rings is 1. The van der Waals surface area contributed by atoms with Crippen molar-refractivity contribution in [2.75, 3.05) is 26.4 Å². The van der Waals surface area contributed by atoms with Gasteiger partial charge < -0.3 is 14.3 Å². The van der Waals surface area contributed by atoms with Crippen LogP contribution < -0.4 is 0 Å². The lowest BCUT2D eigenvalue weighted by Gasteiger charge is -2.27. The van der Waals surface area contributed by atoms with Gasteiger partial charge in [0.25, 0.3) is 0 Å². The zero-order chi connectivity index (χ0) is 12.6. The number of aliphatic hydroxyl groups is 1. The molecule has 2 rings (SSSR count). The summed E-state index contributed by atoms with van der Waals surface area (Å²) in [4.78, 5) is 2.45. The predicted octanol–water partition coefficient (Wildman–Crippen LogP) is 2.03. The van der Waals surface area contributed by atoms with E-state index >= 15 is 0 Å². The summed E-state index contributed by atoms with van der Waals surface area (Å²) in [7, 11) is 0. The van der Waals surface area contributed by atoms with Crippen molar-refractivity contribution < 1.29 is 14.3 Å². The van der Waals surface area contributed by atoms with Crippen LogP contribution in [0.5, 0.6) is 0 Å². The molecular weight excluding hydrogens is 230 g/mol. The molecule has 0 spiro atoms. The predicted molar refractivity (Wildman–Crippen MR) is 69.3 cm³/mol. The van der Waals surface area contributed by atoms with Crippen molar-refractivity contribution in [2.45, 2.75) is 38.3 Å². The number of hydrogen-bond acceptors (Lipinski definition) is 4. The maximum Gasteiger partial charge on any atom is 0.117 e. The van der Waals surface area contributed by atoms with E-state index in [0.29, 0.717) is 19.3 Å². The fourth-order valence-corrected chi connectivity index (χ4v) is 2.61. The molecule has 0 saturated heterocycles. The van der Waals surface area contributed by atoms with Crippen LogP contribution in [0.4, 0.5) is 0 Å². The molecule has 1 aromatic rings. The van der Waals surface area contributed by atoms with Gasteiger partial charge >= 0.3 is 0 Å². The Balaban J connectivity index is 1.81. The van der Waals surface area contributed by atoms with Crippen LogP contribution in [0.3, 0.4) is 0 Å². The van der Waals surface area contributed by atoms with Crippen molar-refractivity contribution in [3.8, 4) is 0 Å². The van der Waals surface area contributed by atoms with E-state index in [9.17, 15) is 0 Å². The molecule has 4 heteroatoms. The number of ether oxygens (including phenoxy) is 1. The molecule has 0 unspecified atom stereocenters. The van der Waals surface area contributed by atoms with Crippen LogP contribution in [0.1, 0.15) is 31.4 Å². The van der Waals surface area contributed by atoms with Crippen molar-refractivity contribution in [2.24, 2.45) is 0 Å². The van der Waals surface area contributed by atoms with Crippen LogP contribution in [0, 0.1) is 0 Å². The van der Waals surface area contributed by atoms with Crippen molar-refractivity contribution in [3.05, 3.63) is 24.2 Å². The Bertz CT molecular complexity index is 307. The zero-order valence-corrected chi connectivity index (χ0v) is 10.9. The molecule has 0 atom stereocenters. The summed E-state index contributed by atoms with van der Waals surface area (Å²) in [6.45, 7) is 2.98. The third-order valence-electron chi connectivity index (χ3n) is 3.54. The van der Waals surface area contributed by atoms with E-state index in [0.717, 1.165) is 18.8 Å². The second kappa shape index (κ2) is 7.56. The summed E-state index contributed by atoms with van der Waals surface area (Å²) in [5.74, 6) is 1.02. The SMILES string of the molecule is OCCOCCN(Cc1ccco1)C1CCCC1. The van der Waals surface area contributed by atoms with Gasteiger partial charge in [-0.05, 0) is 25.0 Å². The molecule has 4 nitrogen and oxygen atoms in total. The monoisotopic (exact) mass is 253 g/mol. The van der Waals surface area contributed by atoms with Gasteiger partial charge in [-0.15, -0.1) is 0 Å². The topological polar surface area (TPSA) is 45.8 Å². The zero-order valence-electron chi connectivity index (χ0n) is 10.9. The highest BCUT2D eigenvalue weighted by molar-refractivity contribution is 4.98. The van der Waals surface area contributed by atoms with E-state index in [1.165, 1.54) is 25.7 Å². The van der Waals surface area contributed by atoms with E-state index in [1.807, 2.05) is 12.1 Å². The minimum atomic E-state index is 0.0988. The number of hydrogen-bond donors (Lipinski definition) is 1. The fourth-order valence-electron chi connectivity index (χ4n) is 2.61. The standard InChI is InChI=1S/C14H23NO3/c16-8-11-17-10-7-15(13-4-1-2-5-13)12-14-6-3-9-18-14/h3,6,9,13,16H,1-2,4-5,7-8,10-12H2. The molecule has 1 aromatic heterocycles. The lowest BCUT2D eigenvalue weighted by molar-refractivity contribution is 0.0588. The van der Waals surface area contributed by atoms with E-state index in [4.69, 9.17) is 14.3 Å². The fraction of sp³-hybridized carbons (Fsp3) is 0.714. The highest BCUT2D eigenvalue weighted by atomic mass is 16.5. The summed E-state index contributed by atoms with van der Waals surface area (Å²) in [6, 6.07) is 4.62. The summed E-state index contributed by atoms with van der Waals surface area (Å²) in [5.41, 5.74) is 0. The summed E-state index contributed by atoms with van der Waals surface area (Å²) in [6.07, 6.45) is 6.94. The van der Waals surface area contributed by atoms with Crippen LogP contribution in [0.15, 0.2) is 22.8 Å². The molecule has 102 valence electrons. The number of nitrogens with zero attached hydrogens (tertiary/aromatic N) is 1. The van der Waals surface area contributed by atoms with Gasteiger partial charge in [0.05, 0.1) is 32.6 Å². The normalized spacial score (nSPS) is 16.8. The molecule has 1 aliphatic carbocycles. The van der Waals surface area contributed by atoms with E-state index in [1.54, 1.807) is 6.26 Å². The second-order valence-corrected chi connectivity index (χ2v) is 4.82. The van der Waals surface area contributed by atoms with Gasteiger partial charge in [-0.1, -0.05) is 12.8 Å². The average molecular weight is 253 g/mol. The molecule has 1 heterocycles. The second-order valence-electron chi connectivity index (χ2n) is 4.82. The van der Waals surface area contributed by atoms with Crippen molar-refractivity contribution in [3.63, 3.8) is 0 Å². The molecule has 0 amide bonds. The summed E-state index contributed by atoms with van der Waals surface area (Å²) >= 11 is 0. The highest BCUT2D eigenvalue weighted by Gasteiger charge is 2.22. The Morgan fingerprint density at radius 3 is 2.83 bits per heavy atom. The number of aliphatic hydroxyl groups excluding tert-OH is 1. The Kier molecular flexibility index (Phi) is 5.71. The Labute approximate surface area is 109 Å². The summed E-state index contributed by atoms with van der Waals surface area (Å²) in [5, 5.41) is 8.70. The van der Waals surface area contributed by atoms with Gasteiger partial charge in [-0.25, -0.2) is 0 Å². The first-order valence-corrected chi connectivity index (χ1v) is 6.85. The molecule has 0 aromatic carbocycles. The lowest BCUT2D eigenvalue weighted by atomic mass is 10.2. The molecule has 1 fully saturated rings. The van der Waals surface area contributed by atoms with Gasteiger partial charge in [-0.3, -0.25) is 4.90 Å². The molecule has 0 bridgehead atoms. The first kappa shape index (κ1) is 13.6. The van der Waals surface area contributed by atoms with Crippen molar-refractivity contribution in [1.82, 2.24) is 4.90 Å². The van der Waals surface area contributed by atoms with E-state index in [-0.39, 0.29) is 6.61 Å². The summed E-state index contributed by atoms with van der Waals surface area (Å²) < 4.78 is 10.8. The maximum atomic E-state index is 8.70. The van der Waals surface area contributed by atoms with Gasteiger partial charge in [0.2, 0.25) is 0 Å². The Morgan fingerprint density at radius 2 is 2.17 bits per heavy atom. The molecule has 1 aliphatic rings. The minimum Gasteiger partial charge on any atom is -0.468 e. The van der Waals surface area contributed by atoms with E-state index in [2.05, 4.69) is 4.90 Å². The largest absolute Gasteiger partial charge is 0.468 e. The quantitative estimate of drug-likeness (QED) is 0.720. The van der Waals surface area contributed by atoms with Crippen molar-refractivity contribution in [1.29, 1.82) is 0 Å². The van der Waals surface area contributed by atoms with Crippen LogP contribution in [0.2, 0.25) is 0 Å². The Morgan fingerprint density at radius 1 is 1.33 bits per heavy atom. The van der Waals surface area contributed by atoms with Crippen LogP contribution in [-0.2, 0) is 11.3 Å². The molecule has 1 saturated carbocycles. The first-order chi connectivity index (χ1) is 8.90. The molecule has 18 heavy (non-hydrogen) atoms. The van der Waals surface area contributed by atoms with Crippen LogP contribution in [0.25, 0.3) is 0 Å². The van der Waals surface area contributed by atoms with E-state index < -0.39 is 0 Å². The van der Waals surface area contributed by atoms with Gasteiger partial charge in [0.1, 0.15) is 5.76 Å².